The number of aliphatic imine (C=N–C) groups is 1. The van der Waals surface area contributed by atoms with Gasteiger partial charge in [0.25, 0.3) is 0 Å². The summed E-state index contributed by atoms with van der Waals surface area (Å²) in [6.07, 6.45) is 6.22. The Morgan fingerprint density at radius 3 is 2.71 bits per heavy atom. The van der Waals surface area contributed by atoms with Crippen LogP contribution >= 0.6 is 0 Å². The summed E-state index contributed by atoms with van der Waals surface area (Å²) in [6, 6.07) is 6.25. The summed E-state index contributed by atoms with van der Waals surface area (Å²) in [6.45, 7) is 6.40. The Hall–Kier alpha value is -1.81. The van der Waals surface area contributed by atoms with Crippen molar-refractivity contribution in [3.05, 3.63) is 41.0 Å². The van der Waals surface area contributed by atoms with Gasteiger partial charge in [-0.25, -0.2) is 4.99 Å². The molecular weight excluding hydrogens is 260 g/mol. The maximum atomic E-state index is 6.42. The molecular formula is C17H26N4. The van der Waals surface area contributed by atoms with Crippen molar-refractivity contribution in [1.82, 2.24) is 5.32 Å². The highest BCUT2D eigenvalue weighted by Gasteiger charge is 2.27. The number of hydrogen-bond donors (Lipinski definition) is 3. The van der Waals surface area contributed by atoms with E-state index in [1.165, 1.54) is 17.5 Å². The molecule has 1 aromatic rings. The number of unbranched alkanes of at least 4 members (excludes halogenated alkanes) is 2. The van der Waals surface area contributed by atoms with Crippen LogP contribution in [-0.2, 0) is 0 Å². The first-order valence-corrected chi connectivity index (χ1v) is 7.66. The van der Waals surface area contributed by atoms with Crippen LogP contribution in [0.1, 0.15) is 49.3 Å². The number of benzene rings is 1. The molecule has 0 fully saturated rings. The Morgan fingerprint density at radius 1 is 1.24 bits per heavy atom. The van der Waals surface area contributed by atoms with E-state index in [9.17, 15) is 0 Å². The Labute approximate surface area is 127 Å². The Morgan fingerprint density at radius 2 is 2.00 bits per heavy atom. The highest BCUT2D eigenvalue weighted by atomic mass is 15.2. The van der Waals surface area contributed by atoms with E-state index in [1.807, 2.05) is 6.08 Å². The average molecular weight is 286 g/mol. The zero-order valence-corrected chi connectivity index (χ0v) is 13.2. The summed E-state index contributed by atoms with van der Waals surface area (Å²) in [4.78, 5) is 4.40. The maximum absolute atomic E-state index is 6.42. The molecule has 1 aliphatic heterocycles. The van der Waals surface area contributed by atoms with Gasteiger partial charge in [-0.3, -0.25) is 0 Å². The summed E-state index contributed by atoms with van der Waals surface area (Å²) in [5.74, 6) is 0.396. The van der Waals surface area contributed by atoms with Crippen molar-refractivity contribution in [3.63, 3.8) is 0 Å². The molecule has 0 aromatic heterocycles. The molecule has 21 heavy (non-hydrogen) atoms. The van der Waals surface area contributed by atoms with Crippen molar-refractivity contribution >= 4 is 11.7 Å². The standard InChI is InChI=1S/C17H26N4/c1-4-5-6-10-17(19)11-15(20-16(18)21-17)14-9-7-8-12(2)13(14)3/h7-9,11H,4-6,10,19H2,1-3H3,(H3,18,20,21). The second-order valence-electron chi connectivity index (χ2n) is 5.88. The lowest BCUT2D eigenvalue weighted by atomic mass is 9.95. The summed E-state index contributed by atoms with van der Waals surface area (Å²) in [5.41, 5.74) is 16.3. The van der Waals surface area contributed by atoms with E-state index in [2.05, 4.69) is 49.3 Å². The molecule has 4 heteroatoms. The SMILES string of the molecule is CCCCCC1(N)C=C(c2cccc(C)c2C)NC(N)=N1. The Bertz CT molecular complexity index is 574. The summed E-state index contributed by atoms with van der Waals surface area (Å²) in [7, 11) is 0. The van der Waals surface area contributed by atoms with Crippen LogP contribution in [0.25, 0.3) is 5.70 Å². The third-order valence-electron chi connectivity index (χ3n) is 4.06. The van der Waals surface area contributed by atoms with Crippen LogP contribution < -0.4 is 16.8 Å². The summed E-state index contributed by atoms with van der Waals surface area (Å²) >= 11 is 0. The molecule has 0 saturated carbocycles. The highest BCUT2D eigenvalue weighted by molar-refractivity contribution is 5.91. The van der Waals surface area contributed by atoms with Crippen LogP contribution in [0.3, 0.4) is 0 Å². The molecule has 1 aliphatic rings. The van der Waals surface area contributed by atoms with E-state index >= 15 is 0 Å². The van der Waals surface area contributed by atoms with Crippen LogP contribution in [0, 0.1) is 13.8 Å². The van der Waals surface area contributed by atoms with Gasteiger partial charge in [0, 0.05) is 11.3 Å². The fourth-order valence-corrected chi connectivity index (χ4v) is 2.68. The van der Waals surface area contributed by atoms with Crippen LogP contribution in [0.4, 0.5) is 0 Å². The van der Waals surface area contributed by atoms with Gasteiger partial charge in [-0.05, 0) is 43.9 Å². The monoisotopic (exact) mass is 286 g/mol. The predicted molar refractivity (Wildman–Crippen MR) is 89.7 cm³/mol. The van der Waals surface area contributed by atoms with Crippen molar-refractivity contribution in [2.75, 3.05) is 0 Å². The molecule has 5 N–H and O–H groups in total. The molecule has 0 saturated heterocycles. The van der Waals surface area contributed by atoms with Crippen LogP contribution in [-0.4, -0.2) is 11.6 Å². The lowest BCUT2D eigenvalue weighted by Gasteiger charge is -2.29. The van der Waals surface area contributed by atoms with Gasteiger partial charge in [-0.1, -0.05) is 38.0 Å². The van der Waals surface area contributed by atoms with Gasteiger partial charge in [0.1, 0.15) is 5.66 Å². The molecule has 0 spiro atoms. The van der Waals surface area contributed by atoms with Crippen molar-refractivity contribution in [3.8, 4) is 0 Å². The fraction of sp³-hybridized carbons (Fsp3) is 0.471. The first-order valence-electron chi connectivity index (χ1n) is 7.66. The van der Waals surface area contributed by atoms with E-state index in [0.717, 1.165) is 30.5 Å². The Balaban J connectivity index is 2.31. The lowest BCUT2D eigenvalue weighted by Crippen LogP contribution is -2.46. The largest absolute Gasteiger partial charge is 0.370 e. The molecule has 0 radical (unpaired) electrons. The quantitative estimate of drug-likeness (QED) is 0.728. The molecule has 0 amide bonds. The molecule has 1 atom stereocenters. The zero-order chi connectivity index (χ0) is 15.5. The van der Waals surface area contributed by atoms with Gasteiger partial charge in [-0.15, -0.1) is 0 Å². The van der Waals surface area contributed by atoms with E-state index in [4.69, 9.17) is 11.5 Å². The van der Waals surface area contributed by atoms with E-state index in [0.29, 0.717) is 5.96 Å². The lowest BCUT2D eigenvalue weighted by molar-refractivity contribution is 0.471. The van der Waals surface area contributed by atoms with Gasteiger partial charge in [-0.2, -0.15) is 0 Å². The van der Waals surface area contributed by atoms with Crippen LogP contribution in [0.5, 0.6) is 0 Å². The number of nitrogens with two attached hydrogens (primary N) is 2. The minimum atomic E-state index is -0.698. The highest BCUT2D eigenvalue weighted by Crippen LogP contribution is 2.26. The zero-order valence-electron chi connectivity index (χ0n) is 13.2. The number of nitrogens with one attached hydrogen (secondary N) is 1. The number of hydrogen-bond acceptors (Lipinski definition) is 4. The normalized spacial score (nSPS) is 21.5. The molecule has 0 aliphatic carbocycles. The average Bonchev–Trinajstić information content (AvgIpc) is 2.41. The van der Waals surface area contributed by atoms with Crippen molar-refractivity contribution in [1.29, 1.82) is 0 Å². The third kappa shape index (κ3) is 3.64. The molecule has 4 nitrogen and oxygen atoms in total. The summed E-state index contributed by atoms with van der Waals surface area (Å²) < 4.78 is 0. The molecule has 114 valence electrons. The smallest absolute Gasteiger partial charge is 0.195 e. The number of aryl methyl sites for hydroxylation is 1. The minimum absolute atomic E-state index is 0.396. The molecule has 1 unspecified atom stereocenters. The van der Waals surface area contributed by atoms with Crippen molar-refractivity contribution < 1.29 is 0 Å². The second kappa shape index (κ2) is 6.31. The van der Waals surface area contributed by atoms with Crippen LogP contribution in [0.2, 0.25) is 0 Å². The maximum Gasteiger partial charge on any atom is 0.195 e. The first-order chi connectivity index (χ1) is 9.95. The molecule has 2 rings (SSSR count). The van der Waals surface area contributed by atoms with Gasteiger partial charge >= 0.3 is 0 Å². The number of nitrogens with zero attached hydrogens (tertiary/aromatic N) is 1. The fourth-order valence-electron chi connectivity index (χ4n) is 2.68. The van der Waals surface area contributed by atoms with Crippen molar-refractivity contribution in [2.24, 2.45) is 16.5 Å². The van der Waals surface area contributed by atoms with Gasteiger partial charge in [0.2, 0.25) is 0 Å². The van der Waals surface area contributed by atoms with Crippen LogP contribution in [0.15, 0.2) is 29.3 Å². The van der Waals surface area contributed by atoms with E-state index in [-0.39, 0.29) is 0 Å². The van der Waals surface area contributed by atoms with Gasteiger partial charge < -0.3 is 16.8 Å². The molecule has 1 heterocycles. The third-order valence-corrected chi connectivity index (χ3v) is 4.06. The van der Waals surface area contributed by atoms with Gasteiger partial charge in [0.05, 0.1) is 0 Å². The first kappa shape index (κ1) is 15.6. The minimum Gasteiger partial charge on any atom is -0.370 e. The molecule has 1 aromatic carbocycles. The topological polar surface area (TPSA) is 76.4 Å². The number of guanidine groups is 1. The molecule has 0 bridgehead atoms. The van der Waals surface area contributed by atoms with E-state index in [1.54, 1.807) is 0 Å². The van der Waals surface area contributed by atoms with E-state index < -0.39 is 5.66 Å². The predicted octanol–water partition coefficient (Wildman–Crippen LogP) is 2.80. The summed E-state index contributed by atoms with van der Waals surface area (Å²) in [5, 5.41) is 3.16. The second-order valence-corrected chi connectivity index (χ2v) is 5.88. The van der Waals surface area contributed by atoms with Crippen molar-refractivity contribution in [2.45, 2.75) is 52.1 Å². The van der Waals surface area contributed by atoms with Gasteiger partial charge in [0.15, 0.2) is 5.96 Å². The number of rotatable bonds is 5. The Kier molecular flexibility index (Phi) is 4.68.